The highest BCUT2D eigenvalue weighted by Crippen LogP contribution is 2.14. The molecular weight excluding hydrogens is 302 g/mol. The summed E-state index contributed by atoms with van der Waals surface area (Å²) >= 11 is 1.49. The topological polar surface area (TPSA) is 93.4 Å². The number of hydrogen-bond acceptors (Lipinski definition) is 5. The van der Waals surface area contributed by atoms with Crippen molar-refractivity contribution in [2.45, 2.75) is 52.3 Å². The second-order valence-corrected chi connectivity index (χ2v) is 7.03. The Bertz CT molecular complexity index is 508. The van der Waals surface area contributed by atoms with Crippen molar-refractivity contribution < 1.29 is 14.3 Å². The maximum atomic E-state index is 11.6. The van der Waals surface area contributed by atoms with E-state index in [-0.39, 0.29) is 6.04 Å². The summed E-state index contributed by atoms with van der Waals surface area (Å²) in [4.78, 5) is 23.7. The molecule has 0 fully saturated rings. The number of nitrogens with two attached hydrogens (primary N) is 1. The largest absolute Gasteiger partial charge is 0.444 e. The number of alkyl carbamates (subject to hydrolysis) is 1. The standard InChI is InChI=1S/C15H25N3O3S/c1-5-11(7-18-14(20)21-15(2,3)4)17-8-12-6-10(9-22-12)13(16)19/h6,9,11,17H,5,7-8H2,1-4H3,(H2,16,19)(H,18,20). The minimum absolute atomic E-state index is 0.131. The number of hydrogen-bond donors (Lipinski definition) is 3. The van der Waals surface area contributed by atoms with Crippen LogP contribution in [0.25, 0.3) is 0 Å². The molecule has 0 aliphatic heterocycles. The van der Waals surface area contributed by atoms with Crippen molar-refractivity contribution in [3.8, 4) is 0 Å². The number of ether oxygens (including phenoxy) is 1. The summed E-state index contributed by atoms with van der Waals surface area (Å²) in [5, 5.41) is 7.85. The van der Waals surface area contributed by atoms with E-state index in [2.05, 4.69) is 10.6 Å². The van der Waals surface area contributed by atoms with E-state index in [1.165, 1.54) is 11.3 Å². The third kappa shape index (κ3) is 6.91. The summed E-state index contributed by atoms with van der Waals surface area (Å²) in [6, 6.07) is 1.92. The van der Waals surface area contributed by atoms with Crippen LogP contribution in [-0.4, -0.2) is 30.2 Å². The van der Waals surface area contributed by atoms with Gasteiger partial charge in [-0.2, -0.15) is 0 Å². The molecular formula is C15H25N3O3S. The highest BCUT2D eigenvalue weighted by atomic mass is 32.1. The van der Waals surface area contributed by atoms with Crippen molar-refractivity contribution >= 4 is 23.3 Å². The van der Waals surface area contributed by atoms with Crippen molar-refractivity contribution in [1.29, 1.82) is 0 Å². The van der Waals surface area contributed by atoms with Crippen LogP contribution in [-0.2, 0) is 11.3 Å². The maximum absolute atomic E-state index is 11.6. The Morgan fingerprint density at radius 3 is 2.59 bits per heavy atom. The van der Waals surface area contributed by atoms with Crippen LogP contribution in [0, 0.1) is 0 Å². The fourth-order valence-electron chi connectivity index (χ4n) is 1.73. The van der Waals surface area contributed by atoms with Gasteiger partial charge in [0.15, 0.2) is 0 Å². The van der Waals surface area contributed by atoms with Gasteiger partial charge >= 0.3 is 6.09 Å². The van der Waals surface area contributed by atoms with Crippen molar-refractivity contribution in [2.24, 2.45) is 5.73 Å². The first-order valence-electron chi connectivity index (χ1n) is 7.28. The van der Waals surface area contributed by atoms with Gasteiger partial charge in [-0.3, -0.25) is 4.79 Å². The first-order valence-corrected chi connectivity index (χ1v) is 8.16. The zero-order valence-electron chi connectivity index (χ0n) is 13.6. The third-order valence-electron chi connectivity index (χ3n) is 2.89. The molecule has 1 atom stereocenters. The number of carbonyl (C=O) groups is 2. The Morgan fingerprint density at radius 1 is 1.41 bits per heavy atom. The first kappa shape index (κ1) is 18.4. The van der Waals surface area contributed by atoms with Gasteiger partial charge in [-0.25, -0.2) is 4.79 Å². The van der Waals surface area contributed by atoms with Crippen LogP contribution in [0.4, 0.5) is 4.79 Å². The first-order chi connectivity index (χ1) is 10.2. The van der Waals surface area contributed by atoms with E-state index in [4.69, 9.17) is 10.5 Å². The molecule has 124 valence electrons. The molecule has 2 amide bonds. The van der Waals surface area contributed by atoms with E-state index >= 15 is 0 Å². The molecule has 0 saturated carbocycles. The summed E-state index contributed by atoms with van der Waals surface area (Å²) in [5.74, 6) is -0.416. The number of rotatable bonds is 7. The van der Waals surface area contributed by atoms with Crippen molar-refractivity contribution in [1.82, 2.24) is 10.6 Å². The normalized spacial score (nSPS) is 12.7. The van der Waals surface area contributed by atoms with E-state index in [0.717, 1.165) is 11.3 Å². The van der Waals surface area contributed by atoms with Crippen LogP contribution in [0.5, 0.6) is 0 Å². The van der Waals surface area contributed by atoms with Gasteiger partial charge in [-0.1, -0.05) is 6.92 Å². The monoisotopic (exact) mass is 327 g/mol. The fourth-order valence-corrected chi connectivity index (χ4v) is 2.55. The molecule has 1 heterocycles. The zero-order valence-corrected chi connectivity index (χ0v) is 14.4. The molecule has 1 aromatic heterocycles. The van der Waals surface area contributed by atoms with Gasteiger partial charge in [-0.15, -0.1) is 11.3 Å². The predicted octanol–water partition coefficient (Wildman–Crippen LogP) is 2.24. The van der Waals surface area contributed by atoms with E-state index in [0.29, 0.717) is 18.7 Å². The molecule has 7 heteroatoms. The third-order valence-corrected chi connectivity index (χ3v) is 3.82. The maximum Gasteiger partial charge on any atom is 0.407 e. The lowest BCUT2D eigenvalue weighted by atomic mass is 10.2. The summed E-state index contributed by atoms with van der Waals surface area (Å²) in [6.45, 7) is 8.64. The lowest BCUT2D eigenvalue weighted by Gasteiger charge is -2.22. The van der Waals surface area contributed by atoms with Crippen LogP contribution in [0.3, 0.4) is 0 Å². The van der Waals surface area contributed by atoms with Gasteiger partial charge in [0, 0.05) is 29.4 Å². The number of thiophene rings is 1. The average molecular weight is 327 g/mol. The van der Waals surface area contributed by atoms with Crippen LogP contribution >= 0.6 is 11.3 Å². The highest BCUT2D eigenvalue weighted by Gasteiger charge is 2.17. The number of amides is 2. The quantitative estimate of drug-likeness (QED) is 0.716. The van der Waals surface area contributed by atoms with Crippen LogP contribution in [0.1, 0.15) is 49.4 Å². The van der Waals surface area contributed by atoms with Gasteiger partial charge in [0.1, 0.15) is 5.60 Å². The number of carbonyl (C=O) groups excluding carboxylic acids is 2. The summed E-state index contributed by atoms with van der Waals surface area (Å²) in [6.07, 6.45) is 0.448. The molecule has 6 nitrogen and oxygen atoms in total. The summed E-state index contributed by atoms with van der Waals surface area (Å²) < 4.78 is 5.20. The SMILES string of the molecule is CCC(CNC(=O)OC(C)(C)C)NCc1cc(C(N)=O)cs1. The molecule has 0 aromatic carbocycles. The van der Waals surface area contributed by atoms with E-state index in [1.807, 2.05) is 27.7 Å². The minimum atomic E-state index is -0.499. The number of primary amides is 1. The number of nitrogens with one attached hydrogen (secondary N) is 2. The second kappa shape index (κ2) is 8.14. The molecule has 1 rings (SSSR count). The smallest absolute Gasteiger partial charge is 0.407 e. The van der Waals surface area contributed by atoms with Gasteiger partial charge in [0.05, 0.1) is 5.56 Å². The predicted molar refractivity (Wildman–Crippen MR) is 88.0 cm³/mol. The second-order valence-electron chi connectivity index (χ2n) is 6.03. The fraction of sp³-hybridized carbons (Fsp3) is 0.600. The van der Waals surface area contributed by atoms with Gasteiger partial charge in [0.25, 0.3) is 0 Å². The van der Waals surface area contributed by atoms with Crippen molar-refractivity contribution in [3.63, 3.8) is 0 Å². The molecule has 22 heavy (non-hydrogen) atoms. The average Bonchev–Trinajstić information content (AvgIpc) is 2.86. The minimum Gasteiger partial charge on any atom is -0.444 e. The van der Waals surface area contributed by atoms with Crippen LogP contribution in [0.15, 0.2) is 11.4 Å². The van der Waals surface area contributed by atoms with E-state index in [1.54, 1.807) is 11.4 Å². The molecule has 0 aliphatic rings. The Morgan fingerprint density at radius 2 is 2.09 bits per heavy atom. The Labute approximate surface area is 135 Å². The van der Waals surface area contributed by atoms with Gasteiger partial charge in [0.2, 0.25) is 5.91 Å². The summed E-state index contributed by atoms with van der Waals surface area (Å²) in [5.41, 5.74) is 5.26. The molecule has 0 aliphatic carbocycles. The van der Waals surface area contributed by atoms with Crippen molar-refractivity contribution in [2.75, 3.05) is 6.54 Å². The Hall–Kier alpha value is -1.60. The molecule has 4 N–H and O–H groups in total. The highest BCUT2D eigenvalue weighted by molar-refractivity contribution is 7.10. The molecule has 1 unspecified atom stereocenters. The molecule has 1 aromatic rings. The molecule has 0 spiro atoms. The molecule has 0 bridgehead atoms. The lowest BCUT2D eigenvalue weighted by molar-refractivity contribution is 0.0522. The van der Waals surface area contributed by atoms with Crippen LogP contribution < -0.4 is 16.4 Å². The Kier molecular flexibility index (Phi) is 6.83. The molecule has 0 radical (unpaired) electrons. The van der Waals surface area contributed by atoms with Crippen molar-refractivity contribution in [3.05, 3.63) is 21.9 Å². The lowest BCUT2D eigenvalue weighted by Crippen LogP contribution is -2.42. The van der Waals surface area contributed by atoms with Crippen LogP contribution in [0.2, 0.25) is 0 Å². The summed E-state index contributed by atoms with van der Waals surface area (Å²) in [7, 11) is 0. The zero-order chi connectivity index (χ0) is 16.8. The van der Waals surface area contributed by atoms with Gasteiger partial charge < -0.3 is 21.1 Å². The van der Waals surface area contributed by atoms with E-state index < -0.39 is 17.6 Å². The Balaban J connectivity index is 2.38. The van der Waals surface area contributed by atoms with Gasteiger partial charge in [-0.05, 0) is 33.3 Å². The van der Waals surface area contributed by atoms with E-state index in [9.17, 15) is 9.59 Å². The molecule has 0 saturated heterocycles.